The molecule has 1 fully saturated rings. The highest BCUT2D eigenvalue weighted by Gasteiger charge is 2.28. The Kier molecular flexibility index (Phi) is 6.70. The first kappa shape index (κ1) is 23.2. The summed E-state index contributed by atoms with van der Waals surface area (Å²) in [6, 6.07) is 9.54. The molecule has 7 nitrogen and oxygen atoms in total. The number of amides is 1. The van der Waals surface area contributed by atoms with E-state index in [0.29, 0.717) is 23.7 Å². The minimum atomic E-state index is 0.0281. The molecule has 4 rings (SSSR count). The lowest BCUT2D eigenvalue weighted by Crippen LogP contribution is -2.49. The summed E-state index contributed by atoms with van der Waals surface area (Å²) in [6.07, 6.45) is 1.70. The Balaban J connectivity index is 1.52. The molecule has 0 saturated carbocycles. The maximum atomic E-state index is 13.5. The number of aromatic nitrogens is 4. The van der Waals surface area contributed by atoms with E-state index < -0.39 is 0 Å². The molecule has 3 aromatic rings. The number of rotatable bonds is 5. The van der Waals surface area contributed by atoms with Gasteiger partial charge in [-0.3, -0.25) is 4.79 Å². The summed E-state index contributed by atoms with van der Waals surface area (Å²) in [4.78, 5) is 26.9. The summed E-state index contributed by atoms with van der Waals surface area (Å²) in [5, 5.41) is 5.22. The molecule has 0 aliphatic carbocycles. The molecule has 0 unspecified atom stereocenters. The fourth-order valence-electron chi connectivity index (χ4n) is 4.17. The largest absolute Gasteiger partial charge is 0.353 e. The zero-order chi connectivity index (χ0) is 23.7. The standard InChI is InChI=1S/C25H31ClN6O/c1-16(2)23-21(15-27-32(23)20-8-6-19(26)7-9-20)25(33)31-12-10-30(11-13-31)22-14-18(5)28-24(29-22)17(3)4/h6-9,14-17H,10-13H2,1-5H3. The molecule has 0 spiro atoms. The number of hydrogen-bond donors (Lipinski definition) is 0. The second-order valence-electron chi connectivity index (χ2n) is 9.15. The van der Waals surface area contributed by atoms with Crippen LogP contribution in [-0.2, 0) is 0 Å². The average Bonchev–Trinajstić information content (AvgIpc) is 3.24. The van der Waals surface area contributed by atoms with E-state index in [4.69, 9.17) is 16.6 Å². The van der Waals surface area contributed by atoms with Gasteiger partial charge in [0.15, 0.2) is 0 Å². The van der Waals surface area contributed by atoms with Gasteiger partial charge in [-0.15, -0.1) is 0 Å². The Morgan fingerprint density at radius 1 is 0.970 bits per heavy atom. The Hall–Kier alpha value is -2.93. The van der Waals surface area contributed by atoms with E-state index >= 15 is 0 Å². The first-order valence-corrected chi connectivity index (χ1v) is 11.9. The number of piperazine rings is 1. The molecule has 1 amide bonds. The van der Waals surface area contributed by atoms with Gasteiger partial charge in [0.2, 0.25) is 0 Å². The lowest BCUT2D eigenvalue weighted by Gasteiger charge is -2.35. The van der Waals surface area contributed by atoms with Crippen molar-refractivity contribution in [3.05, 3.63) is 64.3 Å². The highest BCUT2D eigenvalue weighted by molar-refractivity contribution is 6.30. The van der Waals surface area contributed by atoms with E-state index in [2.05, 4.69) is 42.7 Å². The van der Waals surface area contributed by atoms with Gasteiger partial charge in [-0.2, -0.15) is 5.10 Å². The van der Waals surface area contributed by atoms with Crippen molar-refractivity contribution in [3.8, 4) is 5.69 Å². The predicted octanol–water partition coefficient (Wildman–Crippen LogP) is 4.83. The fraction of sp³-hybridized carbons (Fsp3) is 0.440. The van der Waals surface area contributed by atoms with Gasteiger partial charge < -0.3 is 9.80 Å². The summed E-state index contributed by atoms with van der Waals surface area (Å²) in [7, 11) is 0. The lowest BCUT2D eigenvalue weighted by atomic mass is 10.0. The van der Waals surface area contributed by atoms with Crippen LogP contribution in [0.25, 0.3) is 5.69 Å². The molecule has 0 atom stereocenters. The van der Waals surface area contributed by atoms with Gasteiger partial charge in [0.25, 0.3) is 5.91 Å². The van der Waals surface area contributed by atoms with Crippen LogP contribution in [-0.4, -0.2) is 56.7 Å². The normalized spacial score (nSPS) is 14.4. The van der Waals surface area contributed by atoms with Gasteiger partial charge in [-0.05, 0) is 37.1 Å². The molecular formula is C25H31ClN6O. The number of anilines is 1. The van der Waals surface area contributed by atoms with Gasteiger partial charge in [0, 0.05) is 48.9 Å². The zero-order valence-electron chi connectivity index (χ0n) is 19.9. The predicted molar refractivity (Wildman–Crippen MR) is 132 cm³/mol. The van der Waals surface area contributed by atoms with E-state index in [1.54, 1.807) is 6.20 Å². The van der Waals surface area contributed by atoms with Crippen molar-refractivity contribution < 1.29 is 4.79 Å². The molecule has 2 aromatic heterocycles. The van der Waals surface area contributed by atoms with Crippen LogP contribution in [0.5, 0.6) is 0 Å². The average molecular weight is 467 g/mol. The van der Waals surface area contributed by atoms with Crippen LogP contribution in [0.2, 0.25) is 5.02 Å². The molecule has 1 aliphatic rings. The van der Waals surface area contributed by atoms with Crippen LogP contribution >= 0.6 is 11.6 Å². The van der Waals surface area contributed by atoms with Crippen molar-refractivity contribution in [3.63, 3.8) is 0 Å². The monoisotopic (exact) mass is 466 g/mol. The van der Waals surface area contributed by atoms with Crippen molar-refractivity contribution >= 4 is 23.3 Å². The summed E-state index contributed by atoms with van der Waals surface area (Å²) in [5.41, 5.74) is 3.44. The molecule has 33 heavy (non-hydrogen) atoms. The molecule has 0 radical (unpaired) electrons. The van der Waals surface area contributed by atoms with Crippen molar-refractivity contribution in [2.45, 2.75) is 46.5 Å². The molecule has 3 heterocycles. The van der Waals surface area contributed by atoms with E-state index in [1.807, 2.05) is 46.8 Å². The SMILES string of the molecule is Cc1cc(N2CCN(C(=O)c3cnn(-c4ccc(Cl)cc4)c3C(C)C)CC2)nc(C(C)C)n1. The van der Waals surface area contributed by atoms with Crippen LogP contribution in [0.4, 0.5) is 5.82 Å². The summed E-state index contributed by atoms with van der Waals surface area (Å²) < 4.78 is 1.85. The quantitative estimate of drug-likeness (QED) is 0.538. The van der Waals surface area contributed by atoms with E-state index in [-0.39, 0.29) is 17.7 Å². The molecule has 1 saturated heterocycles. The highest BCUT2D eigenvalue weighted by Crippen LogP contribution is 2.26. The number of benzene rings is 1. The second-order valence-corrected chi connectivity index (χ2v) is 9.58. The molecule has 0 bridgehead atoms. The lowest BCUT2D eigenvalue weighted by molar-refractivity contribution is 0.0745. The third kappa shape index (κ3) is 4.88. The number of carbonyl (C=O) groups excluding carboxylic acids is 1. The van der Waals surface area contributed by atoms with Crippen molar-refractivity contribution in [1.82, 2.24) is 24.6 Å². The third-order valence-corrected chi connectivity index (χ3v) is 6.17. The zero-order valence-corrected chi connectivity index (χ0v) is 20.7. The molecule has 1 aliphatic heterocycles. The maximum absolute atomic E-state index is 13.5. The smallest absolute Gasteiger partial charge is 0.257 e. The Bertz CT molecular complexity index is 1130. The van der Waals surface area contributed by atoms with E-state index in [1.165, 1.54) is 0 Å². The van der Waals surface area contributed by atoms with E-state index in [9.17, 15) is 4.79 Å². The Morgan fingerprint density at radius 3 is 2.24 bits per heavy atom. The Labute approximate surface area is 200 Å². The van der Waals surface area contributed by atoms with Crippen molar-refractivity contribution in [2.24, 2.45) is 0 Å². The molecule has 8 heteroatoms. The summed E-state index contributed by atoms with van der Waals surface area (Å²) in [6.45, 7) is 13.1. The molecular weight excluding hydrogens is 436 g/mol. The van der Waals surface area contributed by atoms with Gasteiger partial charge >= 0.3 is 0 Å². The van der Waals surface area contributed by atoms with Crippen molar-refractivity contribution in [2.75, 3.05) is 31.1 Å². The molecule has 1 aromatic carbocycles. The van der Waals surface area contributed by atoms with Gasteiger partial charge in [-0.1, -0.05) is 39.3 Å². The second kappa shape index (κ2) is 9.51. The van der Waals surface area contributed by atoms with Crippen LogP contribution in [0.15, 0.2) is 36.5 Å². The first-order valence-electron chi connectivity index (χ1n) is 11.5. The maximum Gasteiger partial charge on any atom is 0.257 e. The van der Waals surface area contributed by atoms with Crippen LogP contribution in [0.3, 0.4) is 0 Å². The van der Waals surface area contributed by atoms with Gasteiger partial charge in [-0.25, -0.2) is 14.6 Å². The summed E-state index contributed by atoms with van der Waals surface area (Å²) in [5.74, 6) is 2.25. The number of halogens is 1. The van der Waals surface area contributed by atoms with E-state index in [0.717, 1.165) is 41.8 Å². The topological polar surface area (TPSA) is 67.2 Å². The van der Waals surface area contributed by atoms with Gasteiger partial charge in [0.1, 0.15) is 11.6 Å². The van der Waals surface area contributed by atoms with Crippen LogP contribution in [0, 0.1) is 6.92 Å². The molecule has 174 valence electrons. The number of nitrogens with zero attached hydrogens (tertiary/aromatic N) is 6. The minimum Gasteiger partial charge on any atom is -0.353 e. The molecule has 0 N–H and O–H groups in total. The van der Waals surface area contributed by atoms with Crippen LogP contribution in [0.1, 0.15) is 67.1 Å². The highest BCUT2D eigenvalue weighted by atomic mass is 35.5. The number of aryl methyl sites for hydroxylation is 1. The first-order chi connectivity index (χ1) is 15.7. The minimum absolute atomic E-state index is 0.0281. The van der Waals surface area contributed by atoms with Gasteiger partial charge in [0.05, 0.1) is 23.1 Å². The number of carbonyl (C=O) groups is 1. The number of hydrogen-bond acceptors (Lipinski definition) is 5. The third-order valence-electron chi connectivity index (χ3n) is 5.92. The van der Waals surface area contributed by atoms with Crippen LogP contribution < -0.4 is 4.90 Å². The summed E-state index contributed by atoms with van der Waals surface area (Å²) >= 11 is 6.04. The fourth-order valence-corrected chi connectivity index (χ4v) is 4.30. The Morgan fingerprint density at radius 2 is 1.64 bits per heavy atom. The van der Waals surface area contributed by atoms with Crippen molar-refractivity contribution in [1.29, 1.82) is 0 Å².